The molecule has 0 spiro atoms. The number of anilines is 1. The maximum absolute atomic E-state index is 5.51. The van der Waals surface area contributed by atoms with Gasteiger partial charge in [-0.3, -0.25) is 0 Å². The van der Waals surface area contributed by atoms with Crippen molar-refractivity contribution in [2.45, 2.75) is 32.7 Å². The number of aromatic nitrogens is 2. The first-order valence-electron chi connectivity index (χ1n) is 6.59. The van der Waals surface area contributed by atoms with Crippen LogP contribution in [-0.2, 0) is 0 Å². The van der Waals surface area contributed by atoms with E-state index in [-0.39, 0.29) is 6.04 Å². The van der Waals surface area contributed by atoms with E-state index in [0.717, 1.165) is 12.8 Å². The summed E-state index contributed by atoms with van der Waals surface area (Å²) < 4.78 is 5.51. The summed E-state index contributed by atoms with van der Waals surface area (Å²) in [6, 6.07) is 6.23. The molecule has 102 valence electrons. The number of nitrogens with one attached hydrogen (secondary N) is 1. The third-order valence-corrected chi connectivity index (χ3v) is 3.67. The molecule has 2 aromatic heterocycles. The molecule has 0 amide bonds. The van der Waals surface area contributed by atoms with Gasteiger partial charge in [0.2, 0.25) is 11.8 Å². The number of rotatable bonds is 7. The summed E-state index contributed by atoms with van der Waals surface area (Å²) in [5, 5.41) is 5.44. The summed E-state index contributed by atoms with van der Waals surface area (Å²) >= 11 is 1.74. The van der Waals surface area contributed by atoms with Crippen LogP contribution in [-0.4, -0.2) is 16.6 Å². The van der Waals surface area contributed by atoms with Crippen LogP contribution in [0.25, 0.3) is 0 Å². The molecule has 2 heterocycles. The molecule has 5 heteroatoms. The van der Waals surface area contributed by atoms with Gasteiger partial charge in [-0.1, -0.05) is 19.9 Å². The Labute approximate surface area is 117 Å². The number of hydrogen-bond acceptors (Lipinski definition) is 5. The molecule has 2 aromatic rings. The van der Waals surface area contributed by atoms with E-state index in [1.165, 1.54) is 4.88 Å². The highest BCUT2D eigenvalue weighted by Gasteiger charge is 2.11. The van der Waals surface area contributed by atoms with Crippen LogP contribution in [0.3, 0.4) is 0 Å². The SMILES string of the molecule is CCCOc1ccnc(NC(CC)c2cccs2)n1. The standard InChI is InChI=1S/C14H19N3OS/c1-3-9-18-13-7-8-15-14(17-13)16-11(4-2)12-6-5-10-19-12/h5-8,10-11H,3-4,9H2,1-2H3,(H,15,16,17). The molecule has 1 unspecified atom stereocenters. The fourth-order valence-corrected chi connectivity index (χ4v) is 2.58. The van der Waals surface area contributed by atoms with Crippen LogP contribution in [0.5, 0.6) is 5.88 Å². The molecule has 2 rings (SSSR count). The monoisotopic (exact) mass is 277 g/mol. The van der Waals surface area contributed by atoms with E-state index < -0.39 is 0 Å². The average Bonchev–Trinajstić information content (AvgIpc) is 2.97. The number of nitrogens with zero attached hydrogens (tertiary/aromatic N) is 2. The van der Waals surface area contributed by atoms with E-state index in [9.17, 15) is 0 Å². The Bertz CT molecular complexity index is 487. The van der Waals surface area contributed by atoms with Crippen molar-refractivity contribution in [2.24, 2.45) is 0 Å². The Hall–Kier alpha value is -1.62. The second kappa shape index (κ2) is 7.09. The van der Waals surface area contributed by atoms with E-state index in [0.29, 0.717) is 18.4 Å². The van der Waals surface area contributed by atoms with Gasteiger partial charge in [0.25, 0.3) is 0 Å². The fourth-order valence-electron chi connectivity index (χ4n) is 1.72. The van der Waals surface area contributed by atoms with Crippen LogP contribution in [0, 0.1) is 0 Å². The summed E-state index contributed by atoms with van der Waals surface area (Å²) in [4.78, 5) is 9.91. The Morgan fingerprint density at radius 1 is 1.37 bits per heavy atom. The fraction of sp³-hybridized carbons (Fsp3) is 0.429. The van der Waals surface area contributed by atoms with Gasteiger partial charge in [0.05, 0.1) is 12.6 Å². The quantitative estimate of drug-likeness (QED) is 0.834. The Morgan fingerprint density at radius 2 is 2.26 bits per heavy atom. The molecule has 0 saturated carbocycles. The highest BCUT2D eigenvalue weighted by molar-refractivity contribution is 7.10. The lowest BCUT2D eigenvalue weighted by Crippen LogP contribution is -2.11. The van der Waals surface area contributed by atoms with Crippen molar-refractivity contribution in [1.29, 1.82) is 0 Å². The molecular weight excluding hydrogens is 258 g/mol. The van der Waals surface area contributed by atoms with Gasteiger partial charge in [0.1, 0.15) is 0 Å². The summed E-state index contributed by atoms with van der Waals surface area (Å²) in [7, 11) is 0. The smallest absolute Gasteiger partial charge is 0.226 e. The molecular formula is C14H19N3OS. The molecule has 19 heavy (non-hydrogen) atoms. The van der Waals surface area contributed by atoms with Gasteiger partial charge in [-0.05, 0) is 24.3 Å². The summed E-state index contributed by atoms with van der Waals surface area (Å²) in [6.07, 6.45) is 3.69. The maximum atomic E-state index is 5.51. The summed E-state index contributed by atoms with van der Waals surface area (Å²) in [6.45, 7) is 4.90. The van der Waals surface area contributed by atoms with Crippen molar-refractivity contribution in [1.82, 2.24) is 9.97 Å². The zero-order valence-corrected chi connectivity index (χ0v) is 12.1. The zero-order chi connectivity index (χ0) is 13.5. The molecule has 0 aliphatic heterocycles. The van der Waals surface area contributed by atoms with Crippen molar-refractivity contribution in [3.63, 3.8) is 0 Å². The molecule has 0 aliphatic carbocycles. The van der Waals surface area contributed by atoms with E-state index in [2.05, 4.69) is 46.6 Å². The minimum atomic E-state index is 0.251. The predicted octanol–water partition coefficient (Wildman–Crippen LogP) is 3.89. The normalized spacial score (nSPS) is 12.1. The second-order valence-electron chi connectivity index (χ2n) is 4.19. The first kappa shape index (κ1) is 13.8. The molecule has 0 radical (unpaired) electrons. The first-order valence-corrected chi connectivity index (χ1v) is 7.47. The minimum absolute atomic E-state index is 0.251. The van der Waals surface area contributed by atoms with Crippen LogP contribution in [0.4, 0.5) is 5.95 Å². The van der Waals surface area contributed by atoms with Gasteiger partial charge in [-0.2, -0.15) is 4.98 Å². The van der Waals surface area contributed by atoms with Crippen LogP contribution in [0.2, 0.25) is 0 Å². The minimum Gasteiger partial charge on any atom is -0.478 e. The lowest BCUT2D eigenvalue weighted by molar-refractivity contribution is 0.305. The van der Waals surface area contributed by atoms with Crippen molar-refractivity contribution in [2.75, 3.05) is 11.9 Å². The topological polar surface area (TPSA) is 47.0 Å². The zero-order valence-electron chi connectivity index (χ0n) is 11.3. The average molecular weight is 277 g/mol. The molecule has 0 aliphatic rings. The molecule has 0 fully saturated rings. The predicted molar refractivity (Wildman–Crippen MR) is 78.8 cm³/mol. The molecule has 1 atom stereocenters. The van der Waals surface area contributed by atoms with Crippen LogP contribution in [0.15, 0.2) is 29.8 Å². The highest BCUT2D eigenvalue weighted by Crippen LogP contribution is 2.25. The van der Waals surface area contributed by atoms with Crippen LogP contribution in [0.1, 0.15) is 37.6 Å². The second-order valence-corrected chi connectivity index (χ2v) is 5.17. The summed E-state index contributed by atoms with van der Waals surface area (Å²) in [5.74, 6) is 1.24. The maximum Gasteiger partial charge on any atom is 0.226 e. The van der Waals surface area contributed by atoms with Crippen molar-refractivity contribution >= 4 is 17.3 Å². The largest absolute Gasteiger partial charge is 0.478 e. The lowest BCUT2D eigenvalue weighted by Gasteiger charge is -2.15. The lowest BCUT2D eigenvalue weighted by atomic mass is 10.2. The Kier molecular flexibility index (Phi) is 5.15. The highest BCUT2D eigenvalue weighted by atomic mass is 32.1. The molecule has 0 bridgehead atoms. The van der Waals surface area contributed by atoms with Crippen LogP contribution < -0.4 is 10.1 Å². The molecule has 0 saturated heterocycles. The Morgan fingerprint density at radius 3 is 2.95 bits per heavy atom. The van der Waals surface area contributed by atoms with Crippen molar-refractivity contribution in [3.05, 3.63) is 34.7 Å². The summed E-state index contributed by atoms with van der Waals surface area (Å²) in [5.41, 5.74) is 0. The number of hydrogen-bond donors (Lipinski definition) is 1. The Balaban J connectivity index is 2.05. The molecule has 0 aromatic carbocycles. The van der Waals surface area contributed by atoms with E-state index >= 15 is 0 Å². The third-order valence-electron chi connectivity index (χ3n) is 2.68. The van der Waals surface area contributed by atoms with Gasteiger partial charge < -0.3 is 10.1 Å². The van der Waals surface area contributed by atoms with Gasteiger partial charge in [-0.25, -0.2) is 4.98 Å². The third kappa shape index (κ3) is 3.92. The van der Waals surface area contributed by atoms with Gasteiger partial charge in [0, 0.05) is 17.1 Å². The van der Waals surface area contributed by atoms with Crippen molar-refractivity contribution in [3.8, 4) is 5.88 Å². The number of thiophene rings is 1. The molecule has 1 N–H and O–H groups in total. The first-order chi connectivity index (χ1) is 9.33. The van der Waals surface area contributed by atoms with Gasteiger partial charge in [0.15, 0.2) is 0 Å². The van der Waals surface area contributed by atoms with Gasteiger partial charge >= 0.3 is 0 Å². The van der Waals surface area contributed by atoms with E-state index in [1.54, 1.807) is 23.6 Å². The van der Waals surface area contributed by atoms with Gasteiger partial charge in [-0.15, -0.1) is 11.3 Å². The van der Waals surface area contributed by atoms with E-state index in [4.69, 9.17) is 4.74 Å². The van der Waals surface area contributed by atoms with Crippen LogP contribution >= 0.6 is 11.3 Å². The van der Waals surface area contributed by atoms with E-state index in [1.807, 2.05) is 0 Å². The molecule has 4 nitrogen and oxygen atoms in total. The number of ether oxygens (including phenoxy) is 1. The van der Waals surface area contributed by atoms with Crippen molar-refractivity contribution < 1.29 is 4.74 Å².